The largest absolute Gasteiger partial charge is 0.479 e. The van der Waals surface area contributed by atoms with Gasteiger partial charge in [0.25, 0.3) is 5.88 Å². The van der Waals surface area contributed by atoms with Crippen molar-refractivity contribution in [3.05, 3.63) is 29.9 Å². The number of anilines is 1. The molecule has 2 N–H and O–H groups in total. The van der Waals surface area contributed by atoms with Crippen molar-refractivity contribution in [1.29, 1.82) is 0 Å². The molecule has 0 aliphatic rings. The minimum Gasteiger partial charge on any atom is -0.479 e. The van der Waals surface area contributed by atoms with Gasteiger partial charge in [-0.1, -0.05) is 6.92 Å². The average Bonchev–Trinajstić information content (AvgIpc) is 3.11. The van der Waals surface area contributed by atoms with Gasteiger partial charge in [0, 0.05) is 12.3 Å². The first-order valence-corrected chi connectivity index (χ1v) is 6.36. The van der Waals surface area contributed by atoms with E-state index in [9.17, 15) is 0 Å². The molecular weight excluding hydrogens is 258 g/mol. The summed E-state index contributed by atoms with van der Waals surface area (Å²) in [5, 5.41) is 8.01. The van der Waals surface area contributed by atoms with E-state index < -0.39 is 0 Å². The van der Waals surface area contributed by atoms with Gasteiger partial charge in [-0.05, 0) is 17.1 Å². The van der Waals surface area contributed by atoms with Gasteiger partial charge in [-0.3, -0.25) is 0 Å². The van der Waals surface area contributed by atoms with Crippen LogP contribution >= 0.6 is 0 Å². The van der Waals surface area contributed by atoms with Crippen LogP contribution in [0.4, 0.5) is 5.82 Å². The second kappa shape index (κ2) is 5.20. The minimum atomic E-state index is 0.463. The fourth-order valence-electron chi connectivity index (χ4n) is 2.08. The smallest absolute Gasteiger partial charge is 0.254 e. The molecule has 3 aromatic heterocycles. The molecule has 0 fully saturated rings. The number of nitrogens with one attached hydrogen (secondary N) is 2. The topological polar surface area (TPSA) is 88.9 Å². The van der Waals surface area contributed by atoms with Gasteiger partial charge in [-0.25, -0.2) is 9.97 Å². The predicted molar refractivity (Wildman–Crippen MR) is 73.6 cm³/mol. The lowest BCUT2D eigenvalue weighted by molar-refractivity contribution is 0.328. The van der Waals surface area contributed by atoms with E-state index >= 15 is 0 Å². The van der Waals surface area contributed by atoms with E-state index in [1.54, 1.807) is 13.2 Å². The summed E-state index contributed by atoms with van der Waals surface area (Å²) in [7, 11) is 1.55. The van der Waals surface area contributed by atoms with Crippen LogP contribution in [0, 0.1) is 0 Å². The summed E-state index contributed by atoms with van der Waals surface area (Å²) in [6.45, 7) is 2.58. The van der Waals surface area contributed by atoms with Gasteiger partial charge in [0.05, 0.1) is 19.0 Å². The number of methoxy groups -OCH3 is 1. The Labute approximate surface area is 115 Å². The number of rotatable bonds is 5. The van der Waals surface area contributed by atoms with Crippen molar-refractivity contribution in [3.8, 4) is 5.88 Å². The molecule has 0 radical (unpaired) electrons. The lowest BCUT2D eigenvalue weighted by Crippen LogP contribution is -2.02. The Morgan fingerprint density at radius 2 is 2.30 bits per heavy atom. The molecule has 7 heteroatoms. The Hall–Kier alpha value is -2.57. The zero-order valence-electron chi connectivity index (χ0n) is 11.3. The number of hydrogen-bond acceptors (Lipinski definition) is 6. The van der Waals surface area contributed by atoms with Crippen molar-refractivity contribution in [2.75, 3.05) is 12.4 Å². The zero-order valence-corrected chi connectivity index (χ0v) is 11.3. The van der Waals surface area contributed by atoms with Crippen LogP contribution in [0.5, 0.6) is 5.88 Å². The van der Waals surface area contributed by atoms with Gasteiger partial charge < -0.3 is 19.6 Å². The second-order valence-electron chi connectivity index (χ2n) is 4.30. The number of fused-ring (bicyclic) bond motifs is 1. The van der Waals surface area contributed by atoms with Gasteiger partial charge in [-0.15, -0.1) is 0 Å². The molecule has 0 atom stereocenters. The van der Waals surface area contributed by atoms with Gasteiger partial charge in [0.15, 0.2) is 5.76 Å². The summed E-state index contributed by atoms with van der Waals surface area (Å²) >= 11 is 0. The minimum absolute atomic E-state index is 0.463. The van der Waals surface area contributed by atoms with Crippen molar-refractivity contribution >= 4 is 16.9 Å². The average molecular weight is 273 g/mol. The third-order valence-corrected chi connectivity index (χ3v) is 3.11. The Kier molecular flexibility index (Phi) is 3.24. The highest BCUT2D eigenvalue weighted by atomic mass is 16.5. The molecule has 0 unspecified atom stereocenters. The highest BCUT2D eigenvalue weighted by Gasteiger charge is 2.11. The maximum atomic E-state index is 5.14. The molecular formula is C13H15N5O2. The van der Waals surface area contributed by atoms with Gasteiger partial charge in [-0.2, -0.15) is 0 Å². The molecule has 104 valence electrons. The molecule has 0 bridgehead atoms. The molecule has 0 saturated heterocycles. The van der Waals surface area contributed by atoms with Crippen LogP contribution in [0.1, 0.15) is 18.2 Å². The highest BCUT2D eigenvalue weighted by Crippen LogP contribution is 2.24. The molecule has 3 aromatic rings. The molecule has 0 aliphatic heterocycles. The number of hydrogen-bond donors (Lipinski definition) is 2. The van der Waals surface area contributed by atoms with E-state index in [0.29, 0.717) is 18.2 Å². The molecule has 3 heterocycles. The van der Waals surface area contributed by atoms with E-state index in [-0.39, 0.29) is 0 Å². The fraction of sp³-hybridized carbons (Fsp3) is 0.308. The van der Waals surface area contributed by atoms with E-state index in [1.807, 2.05) is 6.20 Å². The third kappa shape index (κ3) is 2.18. The van der Waals surface area contributed by atoms with Gasteiger partial charge >= 0.3 is 0 Å². The highest BCUT2D eigenvalue weighted by molar-refractivity contribution is 5.90. The Bertz CT molecular complexity index is 718. The van der Waals surface area contributed by atoms with E-state index in [2.05, 4.69) is 32.3 Å². The number of aromatic amines is 1. The lowest BCUT2D eigenvalue weighted by Gasteiger charge is -2.05. The first-order chi connectivity index (χ1) is 9.81. The summed E-state index contributed by atoms with van der Waals surface area (Å²) in [6, 6.07) is 1.74. The van der Waals surface area contributed by atoms with Crippen molar-refractivity contribution < 1.29 is 9.26 Å². The predicted octanol–water partition coefficient (Wildman–Crippen LogP) is 2.13. The summed E-state index contributed by atoms with van der Waals surface area (Å²) in [5.41, 5.74) is 2.01. The van der Waals surface area contributed by atoms with E-state index in [0.717, 1.165) is 23.3 Å². The van der Waals surface area contributed by atoms with Crippen molar-refractivity contribution in [2.45, 2.75) is 19.9 Å². The van der Waals surface area contributed by atoms with Gasteiger partial charge in [0.2, 0.25) is 0 Å². The molecule has 20 heavy (non-hydrogen) atoms. The normalized spacial score (nSPS) is 10.9. The molecule has 0 saturated carbocycles. The lowest BCUT2D eigenvalue weighted by atomic mass is 10.2. The van der Waals surface area contributed by atoms with Crippen molar-refractivity contribution in [1.82, 2.24) is 20.1 Å². The number of ether oxygens (including phenoxy) is 1. The molecule has 0 aliphatic carbocycles. The van der Waals surface area contributed by atoms with Gasteiger partial charge in [0.1, 0.15) is 17.8 Å². The Morgan fingerprint density at radius 1 is 1.40 bits per heavy atom. The van der Waals surface area contributed by atoms with Crippen LogP contribution in [-0.2, 0) is 13.0 Å². The number of H-pyrrole nitrogens is 1. The fourth-order valence-corrected chi connectivity index (χ4v) is 2.08. The first-order valence-electron chi connectivity index (χ1n) is 6.36. The molecule has 0 aromatic carbocycles. The molecule has 0 spiro atoms. The van der Waals surface area contributed by atoms with E-state index in [1.165, 1.54) is 11.9 Å². The van der Waals surface area contributed by atoms with Crippen molar-refractivity contribution in [3.63, 3.8) is 0 Å². The SMILES string of the molecule is CCc1c[nH]c2ncnc(NCc3cc(OC)no3)c12. The molecule has 0 amide bonds. The summed E-state index contributed by atoms with van der Waals surface area (Å²) in [4.78, 5) is 11.7. The zero-order chi connectivity index (χ0) is 13.9. The number of aryl methyl sites for hydroxylation is 1. The second-order valence-corrected chi connectivity index (χ2v) is 4.30. The van der Waals surface area contributed by atoms with Crippen LogP contribution in [-0.4, -0.2) is 27.2 Å². The summed E-state index contributed by atoms with van der Waals surface area (Å²) in [6.07, 6.45) is 4.40. The third-order valence-electron chi connectivity index (χ3n) is 3.11. The summed E-state index contributed by atoms with van der Waals surface area (Å²) < 4.78 is 10.1. The standard InChI is InChI=1S/C13H15N5O2/c1-3-8-5-14-12-11(8)13(17-7-16-12)15-6-9-4-10(19-2)18-20-9/h4-5,7H,3,6H2,1-2H3,(H2,14,15,16,17). The van der Waals surface area contributed by atoms with Crippen molar-refractivity contribution in [2.24, 2.45) is 0 Å². The first kappa shape index (κ1) is 12.5. The number of aromatic nitrogens is 4. The molecule has 7 nitrogen and oxygen atoms in total. The Balaban J connectivity index is 1.85. The van der Waals surface area contributed by atoms with Crippen LogP contribution < -0.4 is 10.1 Å². The monoisotopic (exact) mass is 273 g/mol. The summed E-state index contributed by atoms with van der Waals surface area (Å²) in [5.74, 6) is 1.93. The van der Waals surface area contributed by atoms with E-state index in [4.69, 9.17) is 9.26 Å². The maximum Gasteiger partial charge on any atom is 0.254 e. The Morgan fingerprint density at radius 3 is 3.05 bits per heavy atom. The van der Waals surface area contributed by atoms with Crippen LogP contribution in [0.15, 0.2) is 23.1 Å². The van der Waals surface area contributed by atoms with Crippen LogP contribution in [0.2, 0.25) is 0 Å². The maximum absolute atomic E-state index is 5.14. The quantitative estimate of drug-likeness (QED) is 0.740. The molecule has 3 rings (SSSR count). The van der Waals surface area contributed by atoms with Crippen LogP contribution in [0.25, 0.3) is 11.0 Å². The number of nitrogens with zero attached hydrogens (tertiary/aromatic N) is 3. The van der Waals surface area contributed by atoms with Crippen LogP contribution in [0.3, 0.4) is 0 Å².